The average Bonchev–Trinajstić information content (AvgIpc) is 2.28. The average molecular weight is 205 g/mol. The van der Waals surface area contributed by atoms with Crippen LogP contribution in [0.5, 0.6) is 0 Å². The molecule has 1 atom stereocenters. The standard InChI is InChI=1S/C12H15NO2/c1-15-12(14)9-5-6-10-8(7-9)3-2-4-11(10)13/h5-7,11H,2-4,13H2,1H3/t11-/m1/s1. The molecule has 1 aromatic carbocycles. The van der Waals surface area contributed by atoms with E-state index in [1.165, 1.54) is 18.2 Å². The fraction of sp³-hybridized carbons (Fsp3) is 0.417. The van der Waals surface area contributed by atoms with Crippen LogP contribution in [0, 0.1) is 0 Å². The molecule has 0 aromatic heterocycles. The maximum absolute atomic E-state index is 11.3. The lowest BCUT2D eigenvalue weighted by molar-refractivity contribution is 0.0600. The summed E-state index contributed by atoms with van der Waals surface area (Å²) < 4.78 is 4.68. The summed E-state index contributed by atoms with van der Waals surface area (Å²) in [6.45, 7) is 0. The second-order valence-electron chi connectivity index (χ2n) is 3.90. The van der Waals surface area contributed by atoms with Crippen molar-refractivity contribution in [2.45, 2.75) is 25.3 Å². The highest BCUT2D eigenvalue weighted by atomic mass is 16.5. The van der Waals surface area contributed by atoms with E-state index in [2.05, 4.69) is 4.74 Å². The van der Waals surface area contributed by atoms with Crippen LogP contribution in [0.2, 0.25) is 0 Å². The summed E-state index contributed by atoms with van der Waals surface area (Å²) in [6, 6.07) is 5.77. The van der Waals surface area contributed by atoms with Crippen LogP contribution in [0.1, 0.15) is 40.4 Å². The van der Waals surface area contributed by atoms with Crippen LogP contribution in [0.15, 0.2) is 18.2 Å². The smallest absolute Gasteiger partial charge is 0.337 e. The first kappa shape index (κ1) is 10.2. The van der Waals surface area contributed by atoms with Gasteiger partial charge >= 0.3 is 5.97 Å². The summed E-state index contributed by atoms with van der Waals surface area (Å²) in [5, 5.41) is 0. The van der Waals surface area contributed by atoms with Crippen LogP contribution in [-0.4, -0.2) is 13.1 Å². The molecule has 3 heteroatoms. The third-order valence-electron chi connectivity index (χ3n) is 2.92. The van der Waals surface area contributed by atoms with E-state index in [9.17, 15) is 4.79 Å². The summed E-state index contributed by atoms with van der Waals surface area (Å²) in [7, 11) is 1.40. The highest BCUT2D eigenvalue weighted by Crippen LogP contribution is 2.28. The number of rotatable bonds is 1. The largest absolute Gasteiger partial charge is 0.465 e. The lowest BCUT2D eigenvalue weighted by Crippen LogP contribution is -2.18. The second kappa shape index (κ2) is 4.03. The maximum Gasteiger partial charge on any atom is 0.337 e. The summed E-state index contributed by atoms with van der Waals surface area (Å²) in [5.41, 5.74) is 8.97. The topological polar surface area (TPSA) is 52.3 Å². The van der Waals surface area contributed by atoms with Crippen LogP contribution >= 0.6 is 0 Å². The van der Waals surface area contributed by atoms with Crippen molar-refractivity contribution >= 4 is 5.97 Å². The monoisotopic (exact) mass is 205 g/mol. The maximum atomic E-state index is 11.3. The fourth-order valence-corrected chi connectivity index (χ4v) is 2.10. The fourth-order valence-electron chi connectivity index (χ4n) is 2.10. The molecule has 2 N–H and O–H groups in total. The minimum absolute atomic E-state index is 0.125. The predicted octanol–water partition coefficient (Wildman–Crippen LogP) is 1.81. The number of esters is 1. The molecule has 0 saturated carbocycles. The first-order valence-electron chi connectivity index (χ1n) is 5.19. The number of hydrogen-bond donors (Lipinski definition) is 1. The first-order chi connectivity index (χ1) is 7.22. The molecular formula is C12H15NO2. The van der Waals surface area contributed by atoms with Crippen LogP contribution < -0.4 is 5.73 Å². The number of ether oxygens (including phenoxy) is 1. The van der Waals surface area contributed by atoms with E-state index < -0.39 is 0 Å². The SMILES string of the molecule is COC(=O)c1ccc2c(c1)CCC[C@H]2N. The van der Waals surface area contributed by atoms with Gasteiger partial charge < -0.3 is 10.5 Å². The van der Waals surface area contributed by atoms with Gasteiger partial charge in [-0.05, 0) is 42.5 Å². The predicted molar refractivity (Wildman–Crippen MR) is 57.6 cm³/mol. The molecule has 0 fully saturated rings. The van der Waals surface area contributed by atoms with Gasteiger partial charge in [-0.2, -0.15) is 0 Å². The molecule has 0 saturated heterocycles. The third kappa shape index (κ3) is 1.88. The van der Waals surface area contributed by atoms with Crippen LogP contribution in [0.3, 0.4) is 0 Å². The highest BCUT2D eigenvalue weighted by Gasteiger charge is 2.18. The van der Waals surface area contributed by atoms with Gasteiger partial charge in [0.1, 0.15) is 0 Å². The number of methoxy groups -OCH3 is 1. The van der Waals surface area contributed by atoms with Gasteiger partial charge in [-0.25, -0.2) is 4.79 Å². The first-order valence-corrected chi connectivity index (χ1v) is 5.19. The van der Waals surface area contributed by atoms with Crippen LogP contribution in [0.25, 0.3) is 0 Å². The van der Waals surface area contributed by atoms with E-state index in [0.29, 0.717) is 5.56 Å². The Labute approximate surface area is 89.2 Å². The summed E-state index contributed by atoms with van der Waals surface area (Å²) in [4.78, 5) is 11.3. The highest BCUT2D eigenvalue weighted by molar-refractivity contribution is 5.89. The van der Waals surface area contributed by atoms with E-state index in [1.807, 2.05) is 12.1 Å². The Hall–Kier alpha value is -1.35. The second-order valence-corrected chi connectivity index (χ2v) is 3.90. The van der Waals surface area contributed by atoms with Crippen molar-refractivity contribution in [2.24, 2.45) is 5.73 Å². The zero-order chi connectivity index (χ0) is 10.8. The minimum atomic E-state index is -0.281. The minimum Gasteiger partial charge on any atom is -0.465 e. The van der Waals surface area contributed by atoms with Gasteiger partial charge in [0.25, 0.3) is 0 Å². The number of benzene rings is 1. The van der Waals surface area contributed by atoms with Crippen molar-refractivity contribution in [3.63, 3.8) is 0 Å². The lowest BCUT2D eigenvalue weighted by atomic mass is 9.87. The van der Waals surface area contributed by atoms with Crippen molar-refractivity contribution in [1.29, 1.82) is 0 Å². The normalized spacial score (nSPS) is 19.5. The number of carbonyl (C=O) groups is 1. The molecule has 0 aliphatic heterocycles. The molecule has 15 heavy (non-hydrogen) atoms. The van der Waals surface area contributed by atoms with E-state index in [0.717, 1.165) is 19.3 Å². The van der Waals surface area contributed by atoms with E-state index in [4.69, 9.17) is 5.73 Å². The Morgan fingerprint density at radius 1 is 1.53 bits per heavy atom. The number of aryl methyl sites for hydroxylation is 1. The number of hydrogen-bond acceptors (Lipinski definition) is 3. The summed E-state index contributed by atoms with van der Waals surface area (Å²) in [5.74, 6) is -0.281. The van der Waals surface area contributed by atoms with Gasteiger partial charge in [-0.15, -0.1) is 0 Å². The molecular weight excluding hydrogens is 190 g/mol. The molecule has 1 aliphatic carbocycles. The third-order valence-corrected chi connectivity index (χ3v) is 2.92. The van der Waals surface area contributed by atoms with Crippen LogP contribution in [0.4, 0.5) is 0 Å². The molecule has 1 aromatic rings. The number of nitrogens with two attached hydrogens (primary N) is 1. The zero-order valence-corrected chi connectivity index (χ0v) is 8.82. The Bertz CT molecular complexity index is 387. The van der Waals surface area contributed by atoms with E-state index >= 15 is 0 Å². The Kier molecular flexibility index (Phi) is 2.73. The van der Waals surface area contributed by atoms with Gasteiger partial charge in [0.05, 0.1) is 12.7 Å². The van der Waals surface area contributed by atoms with Crippen molar-refractivity contribution in [2.75, 3.05) is 7.11 Å². The van der Waals surface area contributed by atoms with Gasteiger partial charge in [0.2, 0.25) is 0 Å². The molecule has 1 aliphatic rings. The molecule has 0 unspecified atom stereocenters. The van der Waals surface area contributed by atoms with Crippen molar-refractivity contribution in [1.82, 2.24) is 0 Å². The van der Waals surface area contributed by atoms with Gasteiger partial charge in [-0.3, -0.25) is 0 Å². The van der Waals surface area contributed by atoms with Crippen molar-refractivity contribution in [3.05, 3.63) is 34.9 Å². The Morgan fingerprint density at radius 3 is 3.07 bits per heavy atom. The van der Waals surface area contributed by atoms with Crippen molar-refractivity contribution < 1.29 is 9.53 Å². The molecule has 0 spiro atoms. The molecule has 0 bridgehead atoms. The molecule has 3 nitrogen and oxygen atoms in total. The molecule has 0 heterocycles. The van der Waals surface area contributed by atoms with E-state index in [1.54, 1.807) is 6.07 Å². The van der Waals surface area contributed by atoms with E-state index in [-0.39, 0.29) is 12.0 Å². The van der Waals surface area contributed by atoms with Crippen LogP contribution in [-0.2, 0) is 11.2 Å². The molecule has 0 radical (unpaired) electrons. The van der Waals surface area contributed by atoms with Crippen molar-refractivity contribution in [3.8, 4) is 0 Å². The number of carbonyl (C=O) groups excluding carboxylic acids is 1. The van der Waals surface area contributed by atoms with Gasteiger partial charge in [-0.1, -0.05) is 6.07 Å². The van der Waals surface area contributed by atoms with Gasteiger partial charge in [0, 0.05) is 6.04 Å². The molecule has 2 rings (SSSR count). The summed E-state index contributed by atoms with van der Waals surface area (Å²) >= 11 is 0. The summed E-state index contributed by atoms with van der Waals surface area (Å²) in [6.07, 6.45) is 3.14. The quantitative estimate of drug-likeness (QED) is 0.711. The van der Waals surface area contributed by atoms with Gasteiger partial charge in [0.15, 0.2) is 0 Å². The molecule has 0 amide bonds. The zero-order valence-electron chi connectivity index (χ0n) is 8.82. The Balaban J connectivity index is 2.37. The lowest BCUT2D eigenvalue weighted by Gasteiger charge is -2.22. The number of fused-ring (bicyclic) bond motifs is 1. The molecule has 80 valence electrons. The Morgan fingerprint density at radius 2 is 2.33 bits per heavy atom.